The zero-order chi connectivity index (χ0) is 45.0. The average Bonchev–Trinajstić information content (AvgIpc) is 3.97. The summed E-state index contributed by atoms with van der Waals surface area (Å²) in [5.74, 6) is 1.80. The Labute approximate surface area is 394 Å². The van der Waals surface area contributed by atoms with Crippen molar-refractivity contribution < 1.29 is 0 Å². The molecule has 9 aromatic carbocycles. The summed E-state index contributed by atoms with van der Waals surface area (Å²) in [4.78, 5) is 15.9. The molecule has 68 heavy (non-hydrogen) atoms. The van der Waals surface area contributed by atoms with Crippen LogP contribution in [0.15, 0.2) is 249 Å². The van der Waals surface area contributed by atoms with Crippen LogP contribution in [0.3, 0.4) is 0 Å². The monoisotopic (exact) mass is 867 g/mol. The molecule has 0 spiro atoms. The highest BCUT2D eigenvalue weighted by Gasteiger charge is 2.46. The lowest BCUT2D eigenvalue weighted by molar-refractivity contribution is 0.768. The van der Waals surface area contributed by atoms with Crippen molar-refractivity contribution in [1.29, 1.82) is 0 Å². The van der Waals surface area contributed by atoms with Crippen molar-refractivity contribution in [3.63, 3.8) is 0 Å². The van der Waals surface area contributed by atoms with Crippen LogP contribution in [0.1, 0.15) is 22.3 Å². The predicted octanol–water partition coefficient (Wildman–Crippen LogP) is 15.0. The molecule has 0 unspecified atom stereocenters. The molecule has 3 aromatic heterocycles. The van der Waals surface area contributed by atoms with Crippen LogP contribution in [0.5, 0.6) is 0 Å². The number of fused-ring (bicyclic) bond motifs is 6. The second-order valence-corrected chi connectivity index (χ2v) is 17.4. The molecule has 5 heteroatoms. The molecule has 0 fully saturated rings. The second-order valence-electron chi connectivity index (χ2n) is 17.4. The third kappa shape index (κ3) is 6.32. The van der Waals surface area contributed by atoms with Crippen molar-refractivity contribution in [2.75, 3.05) is 0 Å². The van der Waals surface area contributed by atoms with Crippen LogP contribution in [-0.4, -0.2) is 24.6 Å². The van der Waals surface area contributed by atoms with Crippen LogP contribution in [0, 0.1) is 0 Å². The summed E-state index contributed by atoms with van der Waals surface area (Å²) < 4.78 is 2.13. The van der Waals surface area contributed by atoms with Crippen LogP contribution >= 0.6 is 0 Å². The van der Waals surface area contributed by atoms with Gasteiger partial charge in [-0.25, -0.2) is 19.5 Å². The second kappa shape index (κ2) is 16.1. The van der Waals surface area contributed by atoms with Gasteiger partial charge in [0.2, 0.25) is 0 Å². The van der Waals surface area contributed by atoms with Crippen molar-refractivity contribution in [1.82, 2.24) is 24.6 Å². The van der Waals surface area contributed by atoms with E-state index in [0.29, 0.717) is 17.5 Å². The van der Waals surface area contributed by atoms with Crippen LogP contribution in [-0.2, 0) is 5.41 Å². The Kier molecular flexibility index (Phi) is 9.32. The lowest BCUT2D eigenvalue weighted by Crippen LogP contribution is -2.28. The maximum Gasteiger partial charge on any atom is 0.164 e. The molecule has 13 rings (SSSR count). The maximum absolute atomic E-state index is 5.47. The number of rotatable bonds is 8. The molecule has 0 atom stereocenters. The Morgan fingerprint density at radius 1 is 0.338 bits per heavy atom. The van der Waals surface area contributed by atoms with Crippen LogP contribution < -0.4 is 0 Å². The highest BCUT2D eigenvalue weighted by atomic mass is 15.2. The van der Waals surface area contributed by atoms with Gasteiger partial charge in [0, 0.05) is 38.8 Å². The summed E-state index contributed by atoms with van der Waals surface area (Å²) in [6, 6.07) is 88.1. The van der Waals surface area contributed by atoms with E-state index in [9.17, 15) is 0 Å². The van der Waals surface area contributed by atoms with Crippen molar-refractivity contribution in [3.8, 4) is 78.9 Å². The number of hydrogen-bond donors (Lipinski definition) is 0. The van der Waals surface area contributed by atoms with Crippen LogP contribution in [0.25, 0.3) is 95.2 Å². The Bertz CT molecular complexity index is 3790. The SMILES string of the molecule is c1ccc(-c2nc(-c3cccc(-c4cc5ccccc5c5c(-c6ccccc6)c(-c6ccccc6)nn45)c3)nc(-c3ccc4c(c3)C(c3ccccc3)(c3ccccc3)c3ccccc3-4)n2)cc1. The predicted molar refractivity (Wildman–Crippen MR) is 276 cm³/mol. The van der Waals surface area contributed by atoms with E-state index >= 15 is 0 Å². The first kappa shape index (κ1) is 39.3. The first-order valence-electron chi connectivity index (χ1n) is 23.1. The highest BCUT2D eigenvalue weighted by molar-refractivity contribution is 6.08. The van der Waals surface area contributed by atoms with E-state index in [-0.39, 0.29) is 0 Å². The standard InChI is InChI=1S/C63H41N5/c1-6-21-42(22-7-1)57-58(43-23-8-2-9-24-43)67-68-56(41-45-27-16-17-34-51(45)59(57)68)46-28-20-29-47(39-46)61-64-60(44-25-10-3-11-26-44)65-62(66-61)48-37-38-53-52-35-18-19-36-54(52)63(55(53)40-48,49-30-12-4-13-31-49)50-32-14-5-15-33-50/h1-41H. The molecule has 0 radical (unpaired) electrons. The van der Waals surface area contributed by atoms with Crippen molar-refractivity contribution in [2.45, 2.75) is 5.41 Å². The van der Waals surface area contributed by atoms with Crippen molar-refractivity contribution in [3.05, 3.63) is 271 Å². The molecule has 0 saturated carbocycles. The number of nitrogens with zero attached hydrogens (tertiary/aromatic N) is 5. The average molecular weight is 868 g/mol. The van der Waals surface area contributed by atoms with E-state index in [4.69, 9.17) is 20.1 Å². The summed E-state index contributed by atoms with van der Waals surface area (Å²) in [7, 11) is 0. The number of benzene rings is 9. The molecule has 5 nitrogen and oxygen atoms in total. The lowest BCUT2D eigenvalue weighted by Gasteiger charge is -2.34. The van der Waals surface area contributed by atoms with E-state index in [1.807, 2.05) is 18.2 Å². The highest BCUT2D eigenvalue weighted by Crippen LogP contribution is 2.56. The van der Waals surface area contributed by atoms with Gasteiger partial charge in [0.05, 0.1) is 16.6 Å². The smallest absolute Gasteiger partial charge is 0.164 e. The van der Waals surface area contributed by atoms with E-state index in [1.54, 1.807) is 0 Å². The fourth-order valence-electron chi connectivity index (χ4n) is 10.5. The molecule has 0 saturated heterocycles. The third-order valence-corrected chi connectivity index (χ3v) is 13.5. The molecule has 0 amide bonds. The van der Waals surface area contributed by atoms with E-state index in [1.165, 1.54) is 33.4 Å². The van der Waals surface area contributed by atoms with Gasteiger partial charge in [-0.2, -0.15) is 5.10 Å². The summed E-state index contributed by atoms with van der Waals surface area (Å²) in [6.45, 7) is 0. The topological polar surface area (TPSA) is 56.0 Å². The normalized spacial score (nSPS) is 12.5. The minimum Gasteiger partial charge on any atom is -0.231 e. The summed E-state index contributed by atoms with van der Waals surface area (Å²) in [6.07, 6.45) is 0. The molecule has 1 aliphatic rings. The van der Waals surface area contributed by atoms with E-state index < -0.39 is 5.41 Å². The van der Waals surface area contributed by atoms with Gasteiger partial charge in [0.25, 0.3) is 0 Å². The molecular weight excluding hydrogens is 827 g/mol. The minimum absolute atomic E-state index is 0.560. The van der Waals surface area contributed by atoms with Gasteiger partial charge in [-0.1, -0.05) is 231 Å². The molecule has 12 aromatic rings. The van der Waals surface area contributed by atoms with E-state index in [2.05, 4.69) is 235 Å². The van der Waals surface area contributed by atoms with Gasteiger partial charge in [-0.15, -0.1) is 0 Å². The number of aromatic nitrogens is 5. The minimum atomic E-state index is -0.560. The van der Waals surface area contributed by atoms with Gasteiger partial charge in [-0.3, -0.25) is 0 Å². The van der Waals surface area contributed by atoms with E-state index in [0.717, 1.165) is 66.6 Å². The van der Waals surface area contributed by atoms with Crippen LogP contribution in [0.2, 0.25) is 0 Å². The fourth-order valence-corrected chi connectivity index (χ4v) is 10.5. The molecule has 318 valence electrons. The van der Waals surface area contributed by atoms with Gasteiger partial charge >= 0.3 is 0 Å². The Morgan fingerprint density at radius 3 is 1.51 bits per heavy atom. The number of hydrogen-bond acceptors (Lipinski definition) is 4. The first-order chi connectivity index (χ1) is 33.7. The first-order valence-corrected chi connectivity index (χ1v) is 23.1. The van der Waals surface area contributed by atoms with Crippen molar-refractivity contribution >= 4 is 16.3 Å². The fraction of sp³-hybridized carbons (Fsp3) is 0.0159. The Hall–Kier alpha value is -9.06. The van der Waals surface area contributed by atoms with Gasteiger partial charge < -0.3 is 0 Å². The summed E-state index contributed by atoms with van der Waals surface area (Å²) >= 11 is 0. The quantitative estimate of drug-likeness (QED) is 0.153. The molecule has 0 aliphatic heterocycles. The molecule has 3 heterocycles. The molecule has 1 aliphatic carbocycles. The molecular formula is C63H41N5. The molecule has 0 N–H and O–H groups in total. The Balaban J connectivity index is 1.02. The third-order valence-electron chi connectivity index (χ3n) is 13.5. The number of pyridine rings is 1. The lowest BCUT2D eigenvalue weighted by atomic mass is 9.67. The Morgan fingerprint density at radius 2 is 0.838 bits per heavy atom. The maximum atomic E-state index is 5.47. The largest absolute Gasteiger partial charge is 0.231 e. The van der Waals surface area contributed by atoms with Gasteiger partial charge in [0.1, 0.15) is 5.69 Å². The summed E-state index contributed by atoms with van der Waals surface area (Å²) in [5, 5.41) is 7.74. The van der Waals surface area contributed by atoms with Crippen molar-refractivity contribution in [2.24, 2.45) is 0 Å². The van der Waals surface area contributed by atoms with Gasteiger partial charge in [0.15, 0.2) is 17.5 Å². The zero-order valence-corrected chi connectivity index (χ0v) is 36.9. The van der Waals surface area contributed by atoms with Gasteiger partial charge in [-0.05, 0) is 62.5 Å². The molecule has 0 bridgehead atoms. The van der Waals surface area contributed by atoms with Crippen LogP contribution in [0.4, 0.5) is 0 Å². The zero-order valence-electron chi connectivity index (χ0n) is 36.9. The summed E-state index contributed by atoms with van der Waals surface area (Å²) in [5.41, 5.74) is 16.7.